The number of aromatic hydroxyl groups is 1. The molecule has 28 heavy (non-hydrogen) atoms. The Labute approximate surface area is 161 Å². The quantitative estimate of drug-likeness (QED) is 0.482. The van der Waals surface area contributed by atoms with E-state index in [1.807, 2.05) is 48.5 Å². The summed E-state index contributed by atoms with van der Waals surface area (Å²) in [5.74, 6) is 0.0389. The van der Waals surface area contributed by atoms with E-state index in [9.17, 15) is 20.0 Å². The van der Waals surface area contributed by atoms with Crippen molar-refractivity contribution in [2.24, 2.45) is 0 Å². The maximum absolute atomic E-state index is 12.1. The highest BCUT2D eigenvalue weighted by Crippen LogP contribution is 2.29. The predicted octanol–water partition coefficient (Wildman–Crippen LogP) is 3.66. The van der Waals surface area contributed by atoms with E-state index in [-0.39, 0.29) is 30.2 Å². The molecule has 0 bridgehead atoms. The van der Waals surface area contributed by atoms with Crippen LogP contribution in [0.3, 0.4) is 0 Å². The fourth-order valence-corrected chi connectivity index (χ4v) is 2.66. The van der Waals surface area contributed by atoms with Gasteiger partial charge in [-0.1, -0.05) is 48.5 Å². The largest absolute Gasteiger partial charge is 0.508 e. The second-order valence-electron chi connectivity index (χ2n) is 6.00. The first kappa shape index (κ1) is 18.9. The van der Waals surface area contributed by atoms with Crippen molar-refractivity contribution in [3.05, 3.63) is 88.5 Å². The molecule has 0 fully saturated rings. The molecule has 1 amide bonds. The highest BCUT2D eigenvalue weighted by Gasteiger charge is 2.12. The highest BCUT2D eigenvalue weighted by atomic mass is 16.6. The number of ether oxygens (including phenoxy) is 1. The summed E-state index contributed by atoms with van der Waals surface area (Å²) >= 11 is 0. The minimum absolute atomic E-state index is 0.0456. The lowest BCUT2D eigenvalue weighted by Gasteiger charge is -2.12. The average molecular weight is 378 g/mol. The number of carbonyl (C=O) groups is 1. The zero-order chi connectivity index (χ0) is 19.9. The van der Waals surface area contributed by atoms with Gasteiger partial charge in [-0.05, 0) is 17.7 Å². The van der Waals surface area contributed by atoms with Crippen LogP contribution in [0.1, 0.15) is 5.56 Å². The molecule has 0 saturated carbocycles. The molecule has 7 nitrogen and oxygen atoms in total. The van der Waals surface area contributed by atoms with Gasteiger partial charge in [0.05, 0.1) is 4.92 Å². The molecular formula is C21H18N2O5. The van der Waals surface area contributed by atoms with Crippen molar-refractivity contribution < 1.29 is 19.6 Å². The monoisotopic (exact) mass is 378 g/mol. The van der Waals surface area contributed by atoms with Gasteiger partial charge in [-0.15, -0.1) is 0 Å². The van der Waals surface area contributed by atoms with Crippen molar-refractivity contribution in [2.45, 2.75) is 6.54 Å². The average Bonchev–Trinajstić information content (AvgIpc) is 2.72. The summed E-state index contributed by atoms with van der Waals surface area (Å²) < 4.78 is 5.65. The summed E-state index contributed by atoms with van der Waals surface area (Å²) in [6.45, 7) is -0.268. The molecule has 0 aromatic heterocycles. The van der Waals surface area contributed by atoms with E-state index in [0.717, 1.165) is 11.1 Å². The molecule has 0 aliphatic heterocycles. The topological polar surface area (TPSA) is 102 Å². The van der Waals surface area contributed by atoms with Crippen molar-refractivity contribution in [3.8, 4) is 22.6 Å². The number of amides is 1. The number of non-ortho nitro benzene ring substituents is 1. The molecule has 0 aliphatic rings. The summed E-state index contributed by atoms with van der Waals surface area (Å²) in [4.78, 5) is 22.4. The number of rotatable bonds is 7. The van der Waals surface area contributed by atoms with Crippen LogP contribution in [0.4, 0.5) is 5.69 Å². The maximum Gasteiger partial charge on any atom is 0.270 e. The summed E-state index contributed by atoms with van der Waals surface area (Å²) in [6.07, 6.45) is 0. The van der Waals surface area contributed by atoms with Crippen molar-refractivity contribution >= 4 is 11.6 Å². The van der Waals surface area contributed by atoms with Crippen molar-refractivity contribution in [1.29, 1.82) is 0 Å². The number of nitrogens with zero attached hydrogens (tertiary/aromatic N) is 1. The third kappa shape index (κ3) is 4.64. The minimum Gasteiger partial charge on any atom is -0.508 e. The van der Waals surface area contributed by atoms with Crippen LogP contribution < -0.4 is 10.1 Å². The lowest BCUT2D eigenvalue weighted by molar-refractivity contribution is -0.384. The summed E-state index contributed by atoms with van der Waals surface area (Å²) in [5.41, 5.74) is 1.94. The molecule has 0 radical (unpaired) electrons. The van der Waals surface area contributed by atoms with Crippen LogP contribution in [0.2, 0.25) is 0 Å². The molecule has 0 atom stereocenters. The van der Waals surface area contributed by atoms with Gasteiger partial charge in [0.25, 0.3) is 11.6 Å². The Balaban J connectivity index is 1.62. The van der Waals surface area contributed by atoms with E-state index in [2.05, 4.69) is 5.32 Å². The van der Waals surface area contributed by atoms with E-state index in [1.165, 1.54) is 18.2 Å². The van der Waals surface area contributed by atoms with Gasteiger partial charge in [-0.25, -0.2) is 0 Å². The summed E-state index contributed by atoms with van der Waals surface area (Å²) in [5, 5.41) is 23.2. The number of benzene rings is 3. The first-order valence-electron chi connectivity index (χ1n) is 8.55. The second kappa shape index (κ2) is 8.68. The maximum atomic E-state index is 12.1. The van der Waals surface area contributed by atoms with Gasteiger partial charge in [-0.3, -0.25) is 14.9 Å². The summed E-state index contributed by atoms with van der Waals surface area (Å²) in [7, 11) is 0. The van der Waals surface area contributed by atoms with Crippen LogP contribution in [-0.2, 0) is 11.3 Å². The minimum atomic E-state index is -0.561. The van der Waals surface area contributed by atoms with Gasteiger partial charge < -0.3 is 15.2 Å². The van der Waals surface area contributed by atoms with Crippen LogP contribution in [0.15, 0.2) is 72.8 Å². The smallest absolute Gasteiger partial charge is 0.270 e. The Kier molecular flexibility index (Phi) is 5.86. The van der Waals surface area contributed by atoms with E-state index in [4.69, 9.17) is 4.74 Å². The van der Waals surface area contributed by atoms with Crippen LogP contribution in [0, 0.1) is 10.1 Å². The van der Waals surface area contributed by atoms with Gasteiger partial charge >= 0.3 is 0 Å². The number of nitro groups is 1. The molecule has 0 spiro atoms. The molecule has 0 saturated heterocycles. The van der Waals surface area contributed by atoms with Crippen LogP contribution >= 0.6 is 0 Å². The Morgan fingerprint density at radius 2 is 1.75 bits per heavy atom. The van der Waals surface area contributed by atoms with E-state index < -0.39 is 10.8 Å². The molecule has 2 N–H and O–H groups in total. The lowest BCUT2D eigenvalue weighted by atomic mass is 10.1. The fourth-order valence-electron chi connectivity index (χ4n) is 2.66. The number of carbonyl (C=O) groups excluding carboxylic acids is 1. The standard InChI is InChI=1S/C21H18N2O5/c24-19-11-10-17(23(26)27)12-16(19)13-22-21(25)14-28-20-9-5-4-8-18(20)15-6-2-1-3-7-15/h1-12,24H,13-14H2,(H,22,25). The Morgan fingerprint density at radius 1 is 1.04 bits per heavy atom. The normalized spacial score (nSPS) is 10.3. The van der Waals surface area contributed by atoms with Crippen molar-refractivity contribution in [3.63, 3.8) is 0 Å². The predicted molar refractivity (Wildman–Crippen MR) is 104 cm³/mol. The first-order chi connectivity index (χ1) is 13.5. The number of para-hydroxylation sites is 1. The number of phenolic OH excluding ortho intramolecular Hbond substituents is 1. The number of phenols is 1. The molecule has 7 heteroatoms. The van der Waals surface area contributed by atoms with E-state index >= 15 is 0 Å². The van der Waals surface area contributed by atoms with Gasteiger partial charge in [-0.2, -0.15) is 0 Å². The molecule has 0 aliphatic carbocycles. The first-order valence-corrected chi connectivity index (χ1v) is 8.55. The Morgan fingerprint density at radius 3 is 2.50 bits per heavy atom. The molecule has 3 aromatic rings. The zero-order valence-corrected chi connectivity index (χ0v) is 14.9. The Hall–Kier alpha value is -3.87. The second-order valence-corrected chi connectivity index (χ2v) is 6.00. The van der Waals surface area contributed by atoms with Gasteiger partial charge in [0.1, 0.15) is 11.5 Å². The van der Waals surface area contributed by atoms with Crippen LogP contribution in [0.25, 0.3) is 11.1 Å². The molecule has 0 heterocycles. The Bertz CT molecular complexity index is 989. The third-order valence-corrected chi connectivity index (χ3v) is 4.08. The third-order valence-electron chi connectivity index (χ3n) is 4.08. The van der Waals surface area contributed by atoms with Crippen LogP contribution in [0.5, 0.6) is 11.5 Å². The molecule has 3 rings (SSSR count). The molecule has 3 aromatic carbocycles. The zero-order valence-electron chi connectivity index (χ0n) is 14.9. The van der Waals surface area contributed by atoms with E-state index in [1.54, 1.807) is 6.07 Å². The summed E-state index contributed by atoms with van der Waals surface area (Å²) in [6, 6.07) is 20.7. The SMILES string of the molecule is O=C(COc1ccccc1-c1ccccc1)NCc1cc([N+](=O)[O-])ccc1O. The molecule has 142 valence electrons. The number of hydrogen-bond acceptors (Lipinski definition) is 5. The fraction of sp³-hybridized carbons (Fsp3) is 0.0952. The van der Waals surface area contributed by atoms with Crippen molar-refractivity contribution in [1.82, 2.24) is 5.32 Å². The van der Waals surface area contributed by atoms with Gasteiger partial charge in [0.15, 0.2) is 6.61 Å². The van der Waals surface area contributed by atoms with E-state index in [0.29, 0.717) is 5.75 Å². The molecule has 0 unspecified atom stereocenters. The van der Waals surface area contributed by atoms with Gasteiger partial charge in [0.2, 0.25) is 0 Å². The number of hydrogen-bond donors (Lipinski definition) is 2. The molecular weight excluding hydrogens is 360 g/mol. The number of nitrogens with one attached hydrogen (secondary N) is 1. The van der Waals surface area contributed by atoms with Crippen molar-refractivity contribution in [2.75, 3.05) is 6.61 Å². The van der Waals surface area contributed by atoms with Gasteiger partial charge in [0, 0.05) is 29.8 Å². The highest BCUT2D eigenvalue weighted by molar-refractivity contribution is 5.78. The van der Waals surface area contributed by atoms with Crippen LogP contribution in [-0.4, -0.2) is 22.5 Å². The number of nitro benzene ring substituents is 1. The lowest BCUT2D eigenvalue weighted by Crippen LogP contribution is -2.28.